The summed E-state index contributed by atoms with van der Waals surface area (Å²) in [5, 5.41) is 10.9. The van der Waals surface area contributed by atoms with E-state index in [2.05, 4.69) is 9.47 Å². The number of allylic oxidation sites excluding steroid dienone is 2. The lowest BCUT2D eigenvalue weighted by Crippen LogP contribution is -2.60. The molecule has 1 N–H and O–H groups in total. The molecule has 260 valence electrons. The third kappa shape index (κ3) is 4.55. The molecular weight excluding hydrogens is 727 g/mol. The van der Waals surface area contributed by atoms with Gasteiger partial charge in [-0.1, -0.05) is 11.6 Å². The van der Waals surface area contributed by atoms with Gasteiger partial charge in [-0.3, -0.25) is 19.2 Å². The van der Waals surface area contributed by atoms with Crippen LogP contribution in [0.25, 0.3) is 0 Å². The fraction of sp³-hybridized carbons (Fsp3) is 0.345. The first-order valence-corrected chi connectivity index (χ1v) is 14.5. The van der Waals surface area contributed by atoms with Gasteiger partial charge in [0.1, 0.15) is 17.2 Å². The summed E-state index contributed by atoms with van der Waals surface area (Å²) >= 11 is 13.7. The maximum absolute atomic E-state index is 15.1. The van der Waals surface area contributed by atoms with Gasteiger partial charge in [-0.05, 0) is 37.0 Å². The number of aromatic hydroxyl groups is 1. The molecule has 2 saturated heterocycles. The van der Waals surface area contributed by atoms with Crippen molar-refractivity contribution in [3.63, 3.8) is 0 Å². The third-order valence-corrected chi connectivity index (χ3v) is 10.5. The average molecular weight is 743 g/mol. The maximum Gasteiger partial charge on any atom is 0.573 e. The molecule has 4 aliphatic rings. The van der Waals surface area contributed by atoms with E-state index in [0.717, 1.165) is 7.11 Å². The second-order valence-corrected chi connectivity index (χ2v) is 12.7. The van der Waals surface area contributed by atoms with E-state index < -0.39 is 139 Å². The van der Waals surface area contributed by atoms with Crippen LogP contribution in [-0.2, 0) is 23.9 Å². The van der Waals surface area contributed by atoms with Crippen LogP contribution in [-0.4, -0.2) is 62.9 Å². The number of carbonyl (C=O) groups excluding carboxylic acids is 5. The highest BCUT2D eigenvalue weighted by atomic mass is 35.5. The number of fused-ring (bicyclic) bond motifs is 4. The smallest absolute Gasteiger partial charge is 0.508 e. The Morgan fingerprint density at radius 1 is 0.918 bits per heavy atom. The summed E-state index contributed by atoms with van der Waals surface area (Å²) < 4.78 is 121. The summed E-state index contributed by atoms with van der Waals surface area (Å²) in [7, 11) is 0.857. The molecule has 0 bridgehead atoms. The molecule has 0 radical (unpaired) electrons. The molecule has 6 unspecified atom stereocenters. The first kappa shape index (κ1) is 34.4. The van der Waals surface area contributed by atoms with Gasteiger partial charge < -0.3 is 14.6 Å². The van der Waals surface area contributed by atoms with E-state index in [9.17, 15) is 55.4 Å². The number of carbonyl (C=O) groups is 5. The number of halogens is 10. The number of benzene rings is 2. The minimum Gasteiger partial charge on any atom is -0.508 e. The van der Waals surface area contributed by atoms with Crippen molar-refractivity contribution in [2.24, 2.45) is 17.8 Å². The molecule has 2 aliphatic carbocycles. The van der Waals surface area contributed by atoms with Gasteiger partial charge >= 0.3 is 12.5 Å². The van der Waals surface area contributed by atoms with Crippen LogP contribution in [0.3, 0.4) is 0 Å². The molecule has 2 aliphatic heterocycles. The Balaban J connectivity index is 1.62. The number of phenolic OH excluding ortho intramolecular Hbond substituents is 1. The van der Waals surface area contributed by atoms with Crippen LogP contribution in [0, 0.1) is 46.8 Å². The Morgan fingerprint density at radius 2 is 1.51 bits per heavy atom. The zero-order valence-corrected chi connectivity index (χ0v) is 25.5. The number of amides is 5. The van der Waals surface area contributed by atoms with Crippen LogP contribution >= 0.6 is 23.2 Å². The van der Waals surface area contributed by atoms with Crippen molar-refractivity contribution in [2.75, 3.05) is 12.0 Å². The molecule has 5 amide bonds. The molecule has 2 heterocycles. The molecule has 20 heteroatoms. The van der Waals surface area contributed by atoms with E-state index in [1.807, 2.05) is 0 Å². The summed E-state index contributed by atoms with van der Waals surface area (Å²) in [4.78, 5) is 60.8. The average Bonchev–Trinajstić information content (AvgIpc) is 3.37. The Bertz CT molecular complexity index is 1910. The second-order valence-electron chi connectivity index (χ2n) is 11.4. The van der Waals surface area contributed by atoms with Crippen LogP contribution in [0.1, 0.15) is 24.3 Å². The predicted molar refractivity (Wildman–Crippen MR) is 145 cm³/mol. The van der Waals surface area contributed by atoms with Crippen molar-refractivity contribution < 1.29 is 73.7 Å². The number of nitrogens with zero attached hydrogens (tertiary/aromatic N) is 2. The maximum atomic E-state index is 15.1. The van der Waals surface area contributed by atoms with Gasteiger partial charge in [0.25, 0.3) is 11.8 Å². The largest absolute Gasteiger partial charge is 0.573 e. The zero-order valence-electron chi connectivity index (χ0n) is 24.0. The lowest BCUT2D eigenvalue weighted by molar-refractivity contribution is -0.274. The lowest BCUT2D eigenvalue weighted by atomic mass is 9.56. The monoisotopic (exact) mass is 742 g/mol. The predicted octanol–water partition coefficient (Wildman–Crippen LogP) is 5.32. The zero-order chi connectivity index (χ0) is 36.3. The second kappa shape index (κ2) is 11.0. The number of anilines is 1. The molecule has 2 aromatic rings. The molecule has 0 spiro atoms. The van der Waals surface area contributed by atoms with Gasteiger partial charge in [0.2, 0.25) is 17.6 Å². The minimum absolute atomic E-state index is 0.155. The number of rotatable bonds is 3. The van der Waals surface area contributed by atoms with Gasteiger partial charge in [0.05, 0.1) is 18.9 Å². The van der Waals surface area contributed by atoms with Crippen molar-refractivity contribution in [1.29, 1.82) is 0 Å². The highest BCUT2D eigenvalue weighted by Crippen LogP contribution is 2.67. The van der Waals surface area contributed by atoms with Gasteiger partial charge in [0, 0.05) is 11.5 Å². The number of phenols is 1. The molecule has 2 aromatic carbocycles. The van der Waals surface area contributed by atoms with Crippen molar-refractivity contribution in [3.8, 4) is 11.5 Å². The van der Waals surface area contributed by atoms with E-state index in [1.54, 1.807) is 0 Å². The van der Waals surface area contributed by atoms with Crippen LogP contribution in [0.2, 0.25) is 0 Å². The quantitative estimate of drug-likeness (QED) is 0.112. The summed E-state index contributed by atoms with van der Waals surface area (Å²) in [6.45, 7) is 0. The fourth-order valence-corrected chi connectivity index (χ4v) is 8.07. The van der Waals surface area contributed by atoms with Gasteiger partial charge in [0.15, 0.2) is 33.0 Å². The van der Waals surface area contributed by atoms with Crippen LogP contribution < -0.4 is 9.64 Å². The first-order chi connectivity index (χ1) is 22.7. The van der Waals surface area contributed by atoms with E-state index in [4.69, 9.17) is 23.2 Å². The third-order valence-electron chi connectivity index (χ3n) is 9.12. The molecule has 0 aromatic heterocycles. The number of hydrogen-bond acceptors (Lipinski definition) is 8. The summed E-state index contributed by atoms with van der Waals surface area (Å²) in [5.74, 6) is -27.6. The summed E-state index contributed by atoms with van der Waals surface area (Å²) in [6.07, 6.45) is -6.88. The van der Waals surface area contributed by atoms with Crippen LogP contribution in [0.15, 0.2) is 29.8 Å². The van der Waals surface area contributed by atoms with E-state index >= 15 is 8.78 Å². The van der Waals surface area contributed by atoms with Gasteiger partial charge in [-0.15, -0.1) is 36.4 Å². The number of alkyl halides is 5. The summed E-state index contributed by atoms with van der Waals surface area (Å²) in [6, 6.07) is 1.84. The number of ether oxygens (including phenoxy) is 2. The van der Waals surface area contributed by atoms with Crippen molar-refractivity contribution in [3.05, 3.63) is 64.5 Å². The molecular formula is C29H16Cl2F8N2O8. The standard InChI is InChI=1S/C29H16Cl2F8N2O8/c1-48-26(47)41-22(43)10-4-3-9-12(14(10)23(41)44)7-27(30)24(45)40(21-19(35)17(33)16(32)18(34)20(21)36)25(46)28(27,31)15(9)11-6-8(2-5-13(11)42)49-29(37,38)39/h2-3,5-6,10,12,14-15,42H,4,7H2,1H3. The minimum atomic E-state index is -5.31. The van der Waals surface area contributed by atoms with Crippen molar-refractivity contribution in [1.82, 2.24) is 4.90 Å². The van der Waals surface area contributed by atoms with Gasteiger partial charge in [-0.2, -0.15) is 4.90 Å². The first-order valence-electron chi connectivity index (χ1n) is 13.8. The highest BCUT2D eigenvalue weighted by Gasteiger charge is 2.77. The molecule has 3 fully saturated rings. The van der Waals surface area contributed by atoms with Gasteiger partial charge in [-0.25, -0.2) is 31.6 Å². The van der Waals surface area contributed by atoms with E-state index in [0.29, 0.717) is 18.2 Å². The van der Waals surface area contributed by atoms with E-state index in [1.165, 1.54) is 6.08 Å². The lowest BCUT2D eigenvalue weighted by Gasteiger charge is -2.50. The number of imide groups is 4. The Morgan fingerprint density at radius 3 is 2.08 bits per heavy atom. The number of hydrogen-bond donors (Lipinski definition) is 1. The Hall–Kier alpha value is -4.45. The van der Waals surface area contributed by atoms with Crippen LogP contribution in [0.4, 0.5) is 45.6 Å². The van der Waals surface area contributed by atoms with Crippen molar-refractivity contribution >= 4 is 58.6 Å². The van der Waals surface area contributed by atoms with E-state index in [-0.39, 0.29) is 10.5 Å². The summed E-state index contributed by atoms with van der Waals surface area (Å²) in [5.41, 5.74) is -3.02. The molecule has 6 atom stereocenters. The normalized spacial score (nSPS) is 29.5. The fourth-order valence-electron chi connectivity index (χ4n) is 7.14. The number of methoxy groups -OCH3 is 1. The molecule has 1 saturated carbocycles. The van der Waals surface area contributed by atoms with Crippen LogP contribution in [0.5, 0.6) is 11.5 Å². The molecule has 6 rings (SSSR count). The highest BCUT2D eigenvalue weighted by molar-refractivity contribution is 6.58. The van der Waals surface area contributed by atoms with Crippen molar-refractivity contribution in [2.45, 2.75) is 34.9 Å². The topological polar surface area (TPSA) is 131 Å². The Labute approximate surface area is 277 Å². The SMILES string of the molecule is COC(=O)N1C(=O)C2CC=C3C(CC4(Cl)C(=O)N(c5c(F)c(F)c(F)c(F)c5F)C(=O)C4(Cl)C3c3cc(OC(F)(F)F)ccc3O)C2C1=O. The number of likely N-dealkylation sites (tertiary alicyclic amines) is 1. The Kier molecular flexibility index (Phi) is 7.75. The molecule has 49 heavy (non-hydrogen) atoms. The molecule has 10 nitrogen and oxygen atoms in total.